The summed E-state index contributed by atoms with van der Waals surface area (Å²) in [5.41, 5.74) is 6.14. The summed E-state index contributed by atoms with van der Waals surface area (Å²) in [6.45, 7) is 5.84. The van der Waals surface area contributed by atoms with E-state index in [1.807, 2.05) is 26.8 Å². The molecule has 0 aliphatic heterocycles. The maximum atomic E-state index is 11.6. The van der Waals surface area contributed by atoms with Gasteiger partial charge in [-0.25, -0.2) is 0 Å². The molecule has 0 heterocycles. The van der Waals surface area contributed by atoms with Crippen molar-refractivity contribution in [3.8, 4) is 11.8 Å². The highest BCUT2D eigenvalue weighted by atomic mass is 16.5. The predicted octanol–water partition coefficient (Wildman–Crippen LogP) is 2.48. The van der Waals surface area contributed by atoms with Gasteiger partial charge in [0.15, 0.2) is 0 Å². The number of carbonyl (C=O) groups excluding carboxylic acids is 1. The van der Waals surface area contributed by atoms with Gasteiger partial charge in [-0.05, 0) is 23.6 Å². The van der Waals surface area contributed by atoms with E-state index in [-0.39, 0.29) is 22.7 Å². The normalized spacial score (nSPS) is 10.7. The standard InChI is InChI=1S/C13H16N2O2/c1-13(2,3)7-12(16)17-11-5-4-10(15)6-9(11)8-14/h4-6H,7,15H2,1-3H3. The maximum absolute atomic E-state index is 11.6. The van der Waals surface area contributed by atoms with Crippen LogP contribution in [0.25, 0.3) is 0 Å². The first-order valence-electron chi connectivity index (χ1n) is 5.32. The molecule has 2 N–H and O–H groups in total. The third-order valence-electron chi connectivity index (χ3n) is 2.02. The first-order chi connectivity index (χ1) is 7.81. The van der Waals surface area contributed by atoms with Crippen LogP contribution in [-0.4, -0.2) is 5.97 Å². The number of esters is 1. The average molecular weight is 232 g/mol. The minimum absolute atomic E-state index is 0.141. The van der Waals surface area contributed by atoms with E-state index < -0.39 is 0 Å². The SMILES string of the molecule is CC(C)(C)CC(=O)Oc1ccc(N)cc1C#N. The molecule has 0 saturated heterocycles. The van der Waals surface area contributed by atoms with Crippen molar-refractivity contribution in [2.45, 2.75) is 27.2 Å². The van der Waals surface area contributed by atoms with Crippen molar-refractivity contribution in [3.05, 3.63) is 23.8 Å². The summed E-state index contributed by atoms with van der Waals surface area (Å²) < 4.78 is 5.15. The summed E-state index contributed by atoms with van der Waals surface area (Å²) in [5.74, 6) is -0.0882. The van der Waals surface area contributed by atoms with Crippen molar-refractivity contribution in [2.24, 2.45) is 5.41 Å². The molecule has 0 spiro atoms. The van der Waals surface area contributed by atoms with Crippen LogP contribution in [0.5, 0.6) is 5.75 Å². The first-order valence-corrected chi connectivity index (χ1v) is 5.32. The summed E-state index contributed by atoms with van der Waals surface area (Å²) in [6.07, 6.45) is 0.294. The lowest BCUT2D eigenvalue weighted by Gasteiger charge is -2.16. The molecule has 1 aromatic rings. The fourth-order valence-corrected chi connectivity index (χ4v) is 1.32. The Morgan fingerprint density at radius 1 is 1.47 bits per heavy atom. The fourth-order valence-electron chi connectivity index (χ4n) is 1.32. The number of ether oxygens (including phenoxy) is 1. The van der Waals surface area contributed by atoms with Gasteiger partial charge in [0.05, 0.1) is 12.0 Å². The van der Waals surface area contributed by atoms with Gasteiger partial charge in [-0.15, -0.1) is 0 Å². The van der Waals surface area contributed by atoms with Crippen LogP contribution in [0.2, 0.25) is 0 Å². The highest BCUT2D eigenvalue weighted by molar-refractivity contribution is 5.74. The lowest BCUT2D eigenvalue weighted by Crippen LogP contribution is -2.18. The Morgan fingerprint density at radius 2 is 2.12 bits per heavy atom. The Balaban J connectivity index is 2.83. The van der Waals surface area contributed by atoms with Gasteiger partial charge in [0, 0.05) is 5.69 Å². The van der Waals surface area contributed by atoms with Crippen LogP contribution in [0.3, 0.4) is 0 Å². The Bertz CT molecular complexity index is 467. The summed E-state index contributed by atoms with van der Waals surface area (Å²) in [4.78, 5) is 11.6. The smallest absolute Gasteiger partial charge is 0.311 e. The Hall–Kier alpha value is -2.02. The number of nitrogens with zero attached hydrogens (tertiary/aromatic N) is 1. The highest BCUT2D eigenvalue weighted by Crippen LogP contribution is 2.24. The molecule has 17 heavy (non-hydrogen) atoms. The van der Waals surface area contributed by atoms with E-state index >= 15 is 0 Å². The molecule has 0 atom stereocenters. The number of hydrogen-bond donors (Lipinski definition) is 1. The molecule has 0 aliphatic carbocycles. The predicted molar refractivity (Wildman–Crippen MR) is 65.3 cm³/mol. The van der Waals surface area contributed by atoms with Crippen LogP contribution in [0.1, 0.15) is 32.8 Å². The number of hydrogen-bond acceptors (Lipinski definition) is 4. The van der Waals surface area contributed by atoms with Crippen LogP contribution in [0.15, 0.2) is 18.2 Å². The largest absolute Gasteiger partial charge is 0.425 e. The third kappa shape index (κ3) is 4.15. The Morgan fingerprint density at radius 3 is 2.65 bits per heavy atom. The van der Waals surface area contributed by atoms with E-state index in [2.05, 4.69) is 0 Å². The number of rotatable bonds is 2. The number of nitrogens with two attached hydrogens (primary N) is 1. The minimum Gasteiger partial charge on any atom is -0.425 e. The molecular formula is C13H16N2O2. The number of carbonyl (C=O) groups is 1. The molecular weight excluding hydrogens is 216 g/mol. The molecule has 0 unspecified atom stereocenters. The van der Waals surface area contributed by atoms with Gasteiger partial charge in [-0.3, -0.25) is 4.79 Å². The van der Waals surface area contributed by atoms with E-state index in [9.17, 15) is 4.79 Å². The second kappa shape index (κ2) is 4.88. The van der Waals surface area contributed by atoms with Crippen LogP contribution >= 0.6 is 0 Å². The number of anilines is 1. The summed E-state index contributed by atoms with van der Waals surface area (Å²) >= 11 is 0. The molecule has 1 rings (SSSR count). The second-order valence-corrected chi connectivity index (χ2v) is 5.08. The maximum Gasteiger partial charge on any atom is 0.311 e. The van der Waals surface area contributed by atoms with Crippen molar-refractivity contribution >= 4 is 11.7 Å². The summed E-state index contributed by atoms with van der Waals surface area (Å²) in [7, 11) is 0. The average Bonchev–Trinajstić information content (AvgIpc) is 2.17. The van der Waals surface area contributed by atoms with Gasteiger partial charge in [0.1, 0.15) is 11.8 Å². The molecule has 0 saturated carbocycles. The first kappa shape index (κ1) is 13.0. The quantitative estimate of drug-likeness (QED) is 0.483. The molecule has 0 bridgehead atoms. The van der Waals surface area contributed by atoms with E-state index in [1.165, 1.54) is 12.1 Å². The van der Waals surface area contributed by atoms with E-state index in [1.54, 1.807) is 6.07 Å². The lowest BCUT2D eigenvalue weighted by atomic mass is 9.92. The van der Waals surface area contributed by atoms with Crippen molar-refractivity contribution in [2.75, 3.05) is 5.73 Å². The van der Waals surface area contributed by atoms with Crippen LogP contribution in [0, 0.1) is 16.7 Å². The zero-order chi connectivity index (χ0) is 13.1. The molecule has 0 aliphatic rings. The topological polar surface area (TPSA) is 76.1 Å². The van der Waals surface area contributed by atoms with Gasteiger partial charge in [0.25, 0.3) is 0 Å². The molecule has 0 aromatic heterocycles. The molecule has 0 fully saturated rings. The molecule has 0 radical (unpaired) electrons. The minimum atomic E-state index is -0.348. The lowest BCUT2D eigenvalue weighted by molar-refractivity contribution is -0.136. The molecule has 0 amide bonds. The molecule has 1 aromatic carbocycles. The van der Waals surface area contributed by atoms with E-state index in [0.717, 1.165) is 0 Å². The zero-order valence-corrected chi connectivity index (χ0v) is 10.3. The van der Waals surface area contributed by atoms with Crippen molar-refractivity contribution < 1.29 is 9.53 Å². The van der Waals surface area contributed by atoms with Crippen LogP contribution in [-0.2, 0) is 4.79 Å². The molecule has 4 nitrogen and oxygen atoms in total. The van der Waals surface area contributed by atoms with Gasteiger partial charge >= 0.3 is 5.97 Å². The van der Waals surface area contributed by atoms with E-state index in [0.29, 0.717) is 12.1 Å². The summed E-state index contributed by atoms with van der Waals surface area (Å²) in [6, 6.07) is 6.57. The van der Waals surface area contributed by atoms with Gasteiger partial charge in [0.2, 0.25) is 0 Å². The highest BCUT2D eigenvalue weighted by Gasteiger charge is 2.18. The van der Waals surface area contributed by atoms with Gasteiger partial charge in [-0.2, -0.15) is 5.26 Å². The monoisotopic (exact) mass is 232 g/mol. The fraction of sp³-hybridized carbons (Fsp3) is 0.385. The van der Waals surface area contributed by atoms with Gasteiger partial charge < -0.3 is 10.5 Å². The Kier molecular flexibility index (Phi) is 3.74. The van der Waals surface area contributed by atoms with E-state index in [4.69, 9.17) is 15.7 Å². The van der Waals surface area contributed by atoms with Crippen molar-refractivity contribution in [1.82, 2.24) is 0 Å². The number of benzene rings is 1. The number of nitriles is 1. The zero-order valence-electron chi connectivity index (χ0n) is 10.3. The van der Waals surface area contributed by atoms with Crippen molar-refractivity contribution in [3.63, 3.8) is 0 Å². The van der Waals surface area contributed by atoms with Crippen molar-refractivity contribution in [1.29, 1.82) is 5.26 Å². The molecule has 90 valence electrons. The van der Waals surface area contributed by atoms with Crippen LogP contribution < -0.4 is 10.5 Å². The number of nitrogen functional groups attached to an aromatic ring is 1. The second-order valence-electron chi connectivity index (χ2n) is 5.08. The third-order valence-corrected chi connectivity index (χ3v) is 2.02. The van der Waals surface area contributed by atoms with Gasteiger partial charge in [-0.1, -0.05) is 20.8 Å². The van der Waals surface area contributed by atoms with Crippen LogP contribution in [0.4, 0.5) is 5.69 Å². The summed E-state index contributed by atoms with van der Waals surface area (Å²) in [5, 5.41) is 8.89. The molecule has 4 heteroatoms. The Labute approximate surface area is 101 Å².